The second-order valence-corrected chi connectivity index (χ2v) is 3.47. The van der Waals surface area contributed by atoms with Gasteiger partial charge in [0.2, 0.25) is 0 Å². The smallest absolute Gasteiger partial charge is 0.159 e. The Bertz CT molecular complexity index is 282. The summed E-state index contributed by atoms with van der Waals surface area (Å²) in [5.74, 6) is 1.79. The summed E-state index contributed by atoms with van der Waals surface area (Å²) in [6, 6.07) is 0.362. The van der Waals surface area contributed by atoms with E-state index in [2.05, 4.69) is 28.6 Å². The standard InChI is InChI=1S/C9H18N4O/c1-7(2)13-8(3)11-12-9(13)6-14-5-4-10/h7H,4-6,10H2,1-3H3. The molecule has 80 valence electrons. The quantitative estimate of drug-likeness (QED) is 0.705. The Hall–Kier alpha value is -0.940. The number of hydrogen-bond acceptors (Lipinski definition) is 4. The van der Waals surface area contributed by atoms with Gasteiger partial charge in [0, 0.05) is 12.6 Å². The molecule has 14 heavy (non-hydrogen) atoms. The van der Waals surface area contributed by atoms with Crippen LogP contribution in [0.1, 0.15) is 31.5 Å². The second-order valence-electron chi connectivity index (χ2n) is 3.47. The Labute approximate surface area is 84.3 Å². The summed E-state index contributed by atoms with van der Waals surface area (Å²) in [6.07, 6.45) is 0. The van der Waals surface area contributed by atoms with E-state index in [1.54, 1.807) is 0 Å². The molecule has 0 bridgehead atoms. The highest BCUT2D eigenvalue weighted by molar-refractivity contribution is 4.94. The van der Waals surface area contributed by atoms with Crippen LogP contribution in [-0.2, 0) is 11.3 Å². The molecule has 5 nitrogen and oxygen atoms in total. The molecule has 1 aromatic rings. The zero-order valence-corrected chi connectivity index (χ0v) is 9.03. The lowest BCUT2D eigenvalue weighted by molar-refractivity contribution is 0.119. The van der Waals surface area contributed by atoms with Gasteiger partial charge in [0.05, 0.1) is 6.61 Å². The van der Waals surface area contributed by atoms with Crippen LogP contribution in [0.25, 0.3) is 0 Å². The number of ether oxygens (including phenoxy) is 1. The highest BCUT2D eigenvalue weighted by Crippen LogP contribution is 2.11. The van der Waals surface area contributed by atoms with Crippen molar-refractivity contribution in [3.05, 3.63) is 11.6 Å². The van der Waals surface area contributed by atoms with Gasteiger partial charge in [-0.15, -0.1) is 10.2 Å². The molecule has 0 unspecified atom stereocenters. The van der Waals surface area contributed by atoms with Gasteiger partial charge in [0.25, 0.3) is 0 Å². The van der Waals surface area contributed by atoms with Gasteiger partial charge in [0.1, 0.15) is 12.4 Å². The first-order valence-electron chi connectivity index (χ1n) is 4.85. The average molecular weight is 198 g/mol. The highest BCUT2D eigenvalue weighted by Gasteiger charge is 2.10. The molecular weight excluding hydrogens is 180 g/mol. The Kier molecular flexibility index (Phi) is 4.03. The van der Waals surface area contributed by atoms with E-state index in [4.69, 9.17) is 10.5 Å². The molecule has 2 N–H and O–H groups in total. The molecule has 1 heterocycles. The number of nitrogens with zero attached hydrogens (tertiary/aromatic N) is 3. The number of nitrogens with two attached hydrogens (primary N) is 1. The van der Waals surface area contributed by atoms with Crippen LogP contribution in [0.2, 0.25) is 0 Å². The van der Waals surface area contributed by atoms with E-state index in [-0.39, 0.29) is 0 Å². The lowest BCUT2D eigenvalue weighted by Crippen LogP contribution is -2.12. The molecule has 0 fully saturated rings. The molecule has 0 aliphatic rings. The highest BCUT2D eigenvalue weighted by atomic mass is 16.5. The predicted molar refractivity (Wildman–Crippen MR) is 53.9 cm³/mol. The number of aromatic nitrogens is 3. The summed E-state index contributed by atoms with van der Waals surface area (Å²) in [7, 11) is 0. The molecule has 0 saturated heterocycles. The first-order valence-corrected chi connectivity index (χ1v) is 4.85. The van der Waals surface area contributed by atoms with Crippen LogP contribution in [0.15, 0.2) is 0 Å². The maximum atomic E-state index is 5.33. The van der Waals surface area contributed by atoms with Crippen molar-refractivity contribution in [2.24, 2.45) is 5.73 Å². The van der Waals surface area contributed by atoms with Gasteiger partial charge in [-0.1, -0.05) is 0 Å². The molecule has 0 spiro atoms. The van der Waals surface area contributed by atoms with Crippen LogP contribution < -0.4 is 5.73 Å². The molecule has 0 atom stereocenters. The Morgan fingerprint density at radius 2 is 2.14 bits per heavy atom. The van der Waals surface area contributed by atoms with Crippen molar-refractivity contribution in [3.8, 4) is 0 Å². The lowest BCUT2D eigenvalue weighted by atomic mass is 10.3. The van der Waals surface area contributed by atoms with Crippen molar-refractivity contribution in [1.29, 1.82) is 0 Å². The SMILES string of the molecule is Cc1nnc(COCCN)n1C(C)C. The normalized spacial score (nSPS) is 11.2. The number of aryl methyl sites for hydroxylation is 1. The third kappa shape index (κ3) is 2.52. The van der Waals surface area contributed by atoms with E-state index in [0.29, 0.717) is 25.8 Å². The van der Waals surface area contributed by atoms with Crippen molar-refractivity contribution in [2.75, 3.05) is 13.2 Å². The molecule has 0 aromatic carbocycles. The molecule has 5 heteroatoms. The average Bonchev–Trinajstić information content (AvgIpc) is 2.47. The minimum atomic E-state index is 0.362. The second kappa shape index (κ2) is 5.07. The summed E-state index contributed by atoms with van der Waals surface area (Å²) in [4.78, 5) is 0. The predicted octanol–water partition coefficient (Wildman–Crippen LogP) is 0.643. The molecule has 0 aliphatic carbocycles. The zero-order valence-electron chi connectivity index (χ0n) is 9.03. The van der Waals surface area contributed by atoms with E-state index in [1.165, 1.54) is 0 Å². The van der Waals surface area contributed by atoms with Crippen LogP contribution in [0.5, 0.6) is 0 Å². The molecule has 1 rings (SSSR count). The van der Waals surface area contributed by atoms with Gasteiger partial charge in [0.15, 0.2) is 5.82 Å². The van der Waals surface area contributed by atoms with Crippen molar-refractivity contribution < 1.29 is 4.74 Å². The van der Waals surface area contributed by atoms with Crippen molar-refractivity contribution in [1.82, 2.24) is 14.8 Å². The monoisotopic (exact) mass is 198 g/mol. The van der Waals surface area contributed by atoms with Crippen LogP contribution in [0.4, 0.5) is 0 Å². The first-order chi connectivity index (χ1) is 6.66. The van der Waals surface area contributed by atoms with Gasteiger partial charge in [-0.2, -0.15) is 0 Å². The molecule has 1 aromatic heterocycles. The molecule has 0 saturated carbocycles. The zero-order chi connectivity index (χ0) is 10.6. The largest absolute Gasteiger partial charge is 0.372 e. The van der Waals surface area contributed by atoms with Crippen molar-refractivity contribution in [2.45, 2.75) is 33.4 Å². The van der Waals surface area contributed by atoms with E-state index in [0.717, 1.165) is 11.6 Å². The third-order valence-electron chi connectivity index (χ3n) is 1.95. The molecule has 0 amide bonds. The Balaban J connectivity index is 2.66. The summed E-state index contributed by atoms with van der Waals surface area (Å²) >= 11 is 0. The van der Waals surface area contributed by atoms with Gasteiger partial charge >= 0.3 is 0 Å². The number of rotatable bonds is 5. The third-order valence-corrected chi connectivity index (χ3v) is 1.95. The Morgan fingerprint density at radius 3 is 2.71 bits per heavy atom. The Morgan fingerprint density at radius 1 is 1.43 bits per heavy atom. The van der Waals surface area contributed by atoms with Crippen LogP contribution in [0, 0.1) is 6.92 Å². The topological polar surface area (TPSA) is 66.0 Å². The maximum Gasteiger partial charge on any atom is 0.159 e. The lowest BCUT2D eigenvalue weighted by Gasteiger charge is -2.12. The first kappa shape index (κ1) is 11.1. The van der Waals surface area contributed by atoms with Gasteiger partial charge < -0.3 is 15.0 Å². The van der Waals surface area contributed by atoms with Gasteiger partial charge in [-0.05, 0) is 20.8 Å². The maximum absolute atomic E-state index is 5.33. The van der Waals surface area contributed by atoms with Crippen molar-refractivity contribution in [3.63, 3.8) is 0 Å². The van der Waals surface area contributed by atoms with Crippen LogP contribution >= 0.6 is 0 Å². The minimum Gasteiger partial charge on any atom is -0.372 e. The molecular formula is C9H18N4O. The summed E-state index contributed by atoms with van der Waals surface area (Å²) in [6.45, 7) is 7.72. The van der Waals surface area contributed by atoms with E-state index in [1.807, 2.05) is 6.92 Å². The van der Waals surface area contributed by atoms with Crippen molar-refractivity contribution >= 4 is 0 Å². The van der Waals surface area contributed by atoms with E-state index < -0.39 is 0 Å². The van der Waals surface area contributed by atoms with Crippen LogP contribution in [-0.4, -0.2) is 27.9 Å². The minimum absolute atomic E-state index is 0.362. The van der Waals surface area contributed by atoms with E-state index in [9.17, 15) is 0 Å². The fraction of sp³-hybridized carbons (Fsp3) is 0.778. The summed E-state index contributed by atoms with van der Waals surface area (Å²) in [5.41, 5.74) is 5.33. The molecule has 0 aliphatic heterocycles. The van der Waals surface area contributed by atoms with Crippen LogP contribution in [0.3, 0.4) is 0 Å². The van der Waals surface area contributed by atoms with Gasteiger partial charge in [-0.3, -0.25) is 0 Å². The number of hydrogen-bond donors (Lipinski definition) is 1. The molecule has 0 radical (unpaired) electrons. The fourth-order valence-corrected chi connectivity index (χ4v) is 1.43. The summed E-state index contributed by atoms with van der Waals surface area (Å²) < 4.78 is 7.39. The van der Waals surface area contributed by atoms with Gasteiger partial charge in [-0.25, -0.2) is 0 Å². The fourth-order valence-electron chi connectivity index (χ4n) is 1.43. The summed E-state index contributed by atoms with van der Waals surface area (Å²) in [5, 5.41) is 8.07. The van der Waals surface area contributed by atoms with E-state index >= 15 is 0 Å².